The largest absolute Gasteiger partial charge is 0.462 e. The third kappa shape index (κ3) is 42.1. The summed E-state index contributed by atoms with van der Waals surface area (Å²) in [7, 11) is 0. The van der Waals surface area contributed by atoms with Crippen LogP contribution in [-0.2, 0) is 14.3 Å². The Balaban J connectivity index is 4.69. The van der Waals surface area contributed by atoms with Crippen LogP contribution >= 0.6 is 0 Å². The number of amides is 1. The van der Waals surface area contributed by atoms with Gasteiger partial charge in [-0.25, -0.2) is 0 Å². The van der Waals surface area contributed by atoms with E-state index in [2.05, 4.69) is 50.4 Å². The van der Waals surface area contributed by atoms with Gasteiger partial charge < -0.3 is 20.3 Å². The van der Waals surface area contributed by atoms with E-state index in [-0.39, 0.29) is 24.9 Å². The van der Waals surface area contributed by atoms with E-state index in [1.165, 1.54) is 122 Å². The van der Waals surface area contributed by atoms with Crippen molar-refractivity contribution in [3.63, 3.8) is 0 Å². The zero-order valence-corrected chi connectivity index (χ0v) is 38.9. The molecule has 342 valence electrons. The average Bonchev–Trinajstić information content (AvgIpc) is 3.23. The third-order valence-corrected chi connectivity index (χ3v) is 11.2. The second-order valence-corrected chi connectivity index (χ2v) is 17.0. The lowest BCUT2D eigenvalue weighted by molar-refractivity contribution is -0.151. The molecule has 3 unspecified atom stereocenters. The first-order valence-electron chi connectivity index (χ1n) is 25.1. The van der Waals surface area contributed by atoms with Crippen LogP contribution < -0.4 is 5.32 Å². The van der Waals surface area contributed by atoms with Gasteiger partial charge >= 0.3 is 5.97 Å². The fourth-order valence-corrected chi connectivity index (χ4v) is 7.40. The Morgan fingerprint density at radius 1 is 0.492 bits per heavy atom. The number of ether oxygens (including phenoxy) is 1. The number of hydrogen-bond donors (Lipinski definition) is 3. The number of allylic oxidation sites excluding steroid dienone is 10. The van der Waals surface area contributed by atoms with Gasteiger partial charge in [-0.3, -0.25) is 9.59 Å². The summed E-state index contributed by atoms with van der Waals surface area (Å²) in [5.74, 6) is -0.513. The second kappa shape index (κ2) is 46.6. The van der Waals surface area contributed by atoms with Crippen molar-refractivity contribution in [2.45, 2.75) is 257 Å². The average molecular weight is 826 g/mol. The summed E-state index contributed by atoms with van der Waals surface area (Å²) in [6.07, 6.45) is 57.0. The Labute approximate surface area is 365 Å². The van der Waals surface area contributed by atoms with Crippen LogP contribution in [0, 0.1) is 0 Å². The lowest BCUT2D eigenvalue weighted by Crippen LogP contribution is -2.46. The quantitative estimate of drug-likeness (QED) is 0.0323. The number of rotatable bonds is 44. The summed E-state index contributed by atoms with van der Waals surface area (Å²) >= 11 is 0. The van der Waals surface area contributed by atoms with E-state index < -0.39 is 18.2 Å². The smallest absolute Gasteiger partial charge is 0.306 e. The maximum Gasteiger partial charge on any atom is 0.306 e. The van der Waals surface area contributed by atoms with Gasteiger partial charge in [0.15, 0.2) is 0 Å². The van der Waals surface area contributed by atoms with Crippen molar-refractivity contribution in [1.29, 1.82) is 0 Å². The van der Waals surface area contributed by atoms with Crippen molar-refractivity contribution < 1.29 is 24.5 Å². The van der Waals surface area contributed by atoms with Crippen LogP contribution in [0.2, 0.25) is 0 Å². The minimum Gasteiger partial charge on any atom is -0.462 e. The van der Waals surface area contributed by atoms with Crippen LogP contribution in [0.5, 0.6) is 0 Å². The van der Waals surface area contributed by atoms with E-state index >= 15 is 0 Å². The third-order valence-electron chi connectivity index (χ3n) is 11.2. The molecule has 0 heterocycles. The van der Waals surface area contributed by atoms with E-state index in [4.69, 9.17) is 4.74 Å². The molecule has 0 saturated carbocycles. The molecular formula is C53H95NO5. The van der Waals surface area contributed by atoms with Gasteiger partial charge in [0.1, 0.15) is 6.10 Å². The monoisotopic (exact) mass is 826 g/mol. The predicted molar refractivity (Wildman–Crippen MR) is 255 cm³/mol. The standard InChI is InChI=1S/C53H95NO5/c1-4-7-10-13-16-19-22-25-26-27-28-29-32-35-38-41-44-49(59-53(58)46-43-40-37-34-31-24-21-18-15-12-9-6-3)47-52(57)54-50(48-55)51(56)45-42-39-36-33-30-23-20-17-14-11-8-5-2/h10,13,16,19,22,25-29,49-51,55-56H,4-9,11-12,14-15,17-18,20-21,23-24,30-48H2,1-3H3,(H,54,57)/b13-10+,19-16+,25-22+,27-26+,29-28+. The lowest BCUT2D eigenvalue weighted by Gasteiger charge is -2.24. The maximum absolute atomic E-state index is 13.2. The van der Waals surface area contributed by atoms with Gasteiger partial charge in [0.25, 0.3) is 0 Å². The number of carbonyl (C=O) groups excluding carboxylic acids is 2. The summed E-state index contributed by atoms with van der Waals surface area (Å²) < 4.78 is 5.91. The molecule has 6 heteroatoms. The van der Waals surface area contributed by atoms with E-state index in [9.17, 15) is 19.8 Å². The summed E-state index contributed by atoms with van der Waals surface area (Å²) in [5, 5.41) is 23.7. The highest BCUT2D eigenvalue weighted by Gasteiger charge is 2.24. The summed E-state index contributed by atoms with van der Waals surface area (Å²) in [4.78, 5) is 26.1. The van der Waals surface area contributed by atoms with Crippen LogP contribution in [0.25, 0.3) is 0 Å². The number of nitrogens with one attached hydrogen (secondary N) is 1. The Morgan fingerprint density at radius 3 is 1.37 bits per heavy atom. The minimum absolute atomic E-state index is 0.0500. The number of esters is 1. The van der Waals surface area contributed by atoms with Crippen LogP contribution in [-0.4, -0.2) is 46.9 Å². The lowest BCUT2D eigenvalue weighted by atomic mass is 10.0. The molecule has 0 fully saturated rings. The molecule has 0 aliphatic heterocycles. The van der Waals surface area contributed by atoms with E-state index in [0.29, 0.717) is 19.3 Å². The highest BCUT2D eigenvalue weighted by molar-refractivity contribution is 5.77. The number of carbonyl (C=O) groups is 2. The molecule has 0 bridgehead atoms. The van der Waals surface area contributed by atoms with Gasteiger partial charge in [-0.05, 0) is 44.9 Å². The SMILES string of the molecule is CCC/C=C/C=C/C=C/C=C/C=C/CCCCCC(CC(=O)NC(CO)C(O)CCCCCCCCCCCCCC)OC(=O)CCCCCCCCCCCCCC. The first-order chi connectivity index (χ1) is 29.0. The Kier molecular flexibility index (Phi) is 44.7. The Morgan fingerprint density at radius 2 is 0.898 bits per heavy atom. The molecule has 0 aliphatic rings. The molecule has 6 nitrogen and oxygen atoms in total. The van der Waals surface area contributed by atoms with E-state index in [1.807, 2.05) is 36.5 Å². The minimum atomic E-state index is -0.799. The second-order valence-electron chi connectivity index (χ2n) is 17.0. The zero-order chi connectivity index (χ0) is 43.1. The number of unbranched alkanes of at least 4 members (excludes halogenated alkanes) is 26. The number of aliphatic hydroxyl groups excluding tert-OH is 2. The maximum atomic E-state index is 13.2. The van der Waals surface area contributed by atoms with Crippen molar-refractivity contribution in [3.05, 3.63) is 60.8 Å². The Hall–Kier alpha value is -2.44. The molecule has 0 saturated heterocycles. The van der Waals surface area contributed by atoms with E-state index in [0.717, 1.165) is 70.6 Å². The van der Waals surface area contributed by atoms with Crippen LogP contribution in [0.3, 0.4) is 0 Å². The van der Waals surface area contributed by atoms with Crippen molar-refractivity contribution in [2.75, 3.05) is 6.61 Å². The Bertz CT molecular complexity index is 1060. The first kappa shape index (κ1) is 56.6. The number of hydrogen-bond acceptors (Lipinski definition) is 5. The van der Waals surface area contributed by atoms with E-state index in [1.54, 1.807) is 0 Å². The van der Waals surface area contributed by atoms with Crippen molar-refractivity contribution >= 4 is 11.9 Å². The van der Waals surface area contributed by atoms with Crippen molar-refractivity contribution in [1.82, 2.24) is 5.32 Å². The molecule has 0 radical (unpaired) electrons. The predicted octanol–water partition coefficient (Wildman–Crippen LogP) is 14.8. The van der Waals surface area contributed by atoms with Crippen LogP contribution in [0.4, 0.5) is 0 Å². The molecule has 0 spiro atoms. The molecular weight excluding hydrogens is 731 g/mol. The topological polar surface area (TPSA) is 95.9 Å². The van der Waals surface area contributed by atoms with Crippen molar-refractivity contribution in [2.24, 2.45) is 0 Å². The fraction of sp³-hybridized carbons (Fsp3) is 0.774. The fourth-order valence-electron chi connectivity index (χ4n) is 7.40. The molecule has 0 aromatic rings. The van der Waals surface area contributed by atoms with Gasteiger partial charge in [-0.15, -0.1) is 0 Å². The van der Waals surface area contributed by atoms with Gasteiger partial charge in [0.05, 0.1) is 25.2 Å². The molecule has 0 aromatic heterocycles. The molecule has 1 amide bonds. The zero-order valence-electron chi connectivity index (χ0n) is 38.9. The van der Waals surface area contributed by atoms with Gasteiger partial charge in [0, 0.05) is 6.42 Å². The van der Waals surface area contributed by atoms with Gasteiger partial charge in [0.2, 0.25) is 5.91 Å². The van der Waals surface area contributed by atoms with Gasteiger partial charge in [-0.2, -0.15) is 0 Å². The summed E-state index contributed by atoms with van der Waals surface area (Å²) in [6.45, 7) is 6.37. The highest BCUT2D eigenvalue weighted by Crippen LogP contribution is 2.17. The molecule has 3 atom stereocenters. The van der Waals surface area contributed by atoms with Gasteiger partial charge in [-0.1, -0.05) is 242 Å². The summed E-state index contributed by atoms with van der Waals surface area (Å²) in [6, 6.07) is -0.715. The van der Waals surface area contributed by atoms with Crippen molar-refractivity contribution in [3.8, 4) is 0 Å². The summed E-state index contributed by atoms with van der Waals surface area (Å²) in [5.41, 5.74) is 0. The molecule has 0 aromatic carbocycles. The first-order valence-corrected chi connectivity index (χ1v) is 25.1. The highest BCUT2D eigenvalue weighted by atomic mass is 16.5. The van der Waals surface area contributed by atoms with Crippen LogP contribution in [0.1, 0.15) is 239 Å². The molecule has 59 heavy (non-hydrogen) atoms. The normalized spacial score (nSPS) is 13.8. The number of aliphatic hydroxyl groups is 2. The van der Waals surface area contributed by atoms with Crippen LogP contribution in [0.15, 0.2) is 60.8 Å². The molecule has 3 N–H and O–H groups in total. The molecule has 0 rings (SSSR count). The molecule has 0 aliphatic carbocycles.